The van der Waals surface area contributed by atoms with Crippen LogP contribution in [-0.2, 0) is 19.6 Å². The molecule has 0 aliphatic carbocycles. The quantitative estimate of drug-likeness (QED) is 0.116. The molecule has 39 heavy (non-hydrogen) atoms. The fraction of sp³-hybridized carbons (Fsp3) is 0.483. The molecule has 0 saturated carbocycles. The molecule has 0 atom stereocenters. The predicted octanol–water partition coefficient (Wildman–Crippen LogP) is 7.05. The molecule has 2 aromatic carbocycles. The highest BCUT2D eigenvalue weighted by atomic mass is 32.2. The summed E-state index contributed by atoms with van der Waals surface area (Å²) in [5.41, 5.74) is 0.793. The Hall–Kier alpha value is -2.56. The first kappa shape index (κ1) is 31.0. The first-order valence-electron chi connectivity index (χ1n) is 13.4. The number of carbonyl (C=O) groups excluding carboxylic acids is 1. The van der Waals surface area contributed by atoms with Crippen molar-refractivity contribution in [1.29, 1.82) is 0 Å². The van der Waals surface area contributed by atoms with Crippen molar-refractivity contribution in [1.82, 2.24) is 4.31 Å². The monoisotopic (exact) mass is 578 g/mol. The van der Waals surface area contributed by atoms with Crippen LogP contribution in [0, 0.1) is 0 Å². The minimum atomic E-state index is -3.98. The summed E-state index contributed by atoms with van der Waals surface area (Å²) in [6.07, 6.45) is 7.63. The van der Waals surface area contributed by atoms with Crippen molar-refractivity contribution in [2.45, 2.75) is 74.6 Å². The number of ether oxygens (including phenoxy) is 2. The molecular formula is C29H39FN2O5S2. The number of sulfonamides is 1. The number of halogens is 1. The zero-order chi connectivity index (χ0) is 28.6. The van der Waals surface area contributed by atoms with Crippen LogP contribution in [0.1, 0.15) is 59.3 Å². The number of carbonyl (C=O) groups is 1. The van der Waals surface area contributed by atoms with Crippen LogP contribution in [0.5, 0.6) is 5.75 Å². The number of fused-ring (bicyclic) bond motifs is 1. The van der Waals surface area contributed by atoms with Gasteiger partial charge in [0.25, 0.3) is 0 Å². The number of unbranched alkanes of at least 4 members (excludes halogenated alkanes) is 2. The van der Waals surface area contributed by atoms with Gasteiger partial charge in [-0.25, -0.2) is 13.2 Å². The molecule has 0 radical (unpaired) electrons. The number of para-hydroxylation sites is 1. The minimum absolute atomic E-state index is 0.0205. The molecule has 0 spiro atoms. The van der Waals surface area contributed by atoms with Crippen molar-refractivity contribution in [2.24, 2.45) is 0 Å². The third-order valence-electron chi connectivity index (χ3n) is 7.11. The lowest BCUT2D eigenvalue weighted by Gasteiger charge is -2.42. The van der Waals surface area contributed by atoms with Crippen LogP contribution in [0.25, 0.3) is 0 Å². The van der Waals surface area contributed by atoms with Gasteiger partial charge in [0.1, 0.15) is 16.9 Å². The lowest BCUT2D eigenvalue weighted by atomic mass is 9.86. The second-order valence-electron chi connectivity index (χ2n) is 9.60. The Kier molecular flexibility index (Phi) is 10.9. The van der Waals surface area contributed by atoms with Crippen LogP contribution in [0.15, 0.2) is 64.3 Å². The number of hydrogen-bond acceptors (Lipinski definition) is 7. The summed E-state index contributed by atoms with van der Waals surface area (Å²) in [4.78, 5) is 14.5. The molecule has 10 heteroatoms. The number of thioether (sulfide) groups is 1. The molecule has 0 aromatic heterocycles. The number of likely N-dealkylation sites (N-methyl/N-ethyl adjacent to an activating group) is 1. The number of rotatable bonds is 12. The largest absolute Gasteiger partial charge is 0.461 e. The second kappa shape index (κ2) is 13.7. The zero-order valence-corrected chi connectivity index (χ0v) is 25.0. The number of anilines is 2. The van der Waals surface area contributed by atoms with Gasteiger partial charge in [0, 0.05) is 25.3 Å². The Morgan fingerprint density at radius 1 is 1.10 bits per heavy atom. The molecular weight excluding hydrogens is 539 g/mol. The third-order valence-corrected chi connectivity index (χ3v) is 9.86. The van der Waals surface area contributed by atoms with Gasteiger partial charge >= 0.3 is 5.97 Å². The van der Waals surface area contributed by atoms with E-state index >= 15 is 0 Å². The van der Waals surface area contributed by atoms with E-state index < -0.39 is 27.4 Å². The molecule has 0 bridgehead atoms. The van der Waals surface area contributed by atoms with Crippen molar-refractivity contribution < 1.29 is 27.1 Å². The maximum Gasteiger partial charge on any atom is 0.370 e. The molecule has 1 heterocycles. The fourth-order valence-electron chi connectivity index (χ4n) is 4.89. The highest BCUT2D eigenvalue weighted by Crippen LogP contribution is 2.47. The molecule has 3 rings (SSSR count). The molecule has 0 fully saturated rings. The molecule has 0 unspecified atom stereocenters. The summed E-state index contributed by atoms with van der Waals surface area (Å²) in [6, 6.07) is 13.0. The second-order valence-corrected chi connectivity index (χ2v) is 12.4. The van der Waals surface area contributed by atoms with Crippen LogP contribution in [0.4, 0.5) is 15.8 Å². The summed E-state index contributed by atoms with van der Waals surface area (Å²) in [7, 11) is -2.31. The maximum atomic E-state index is 14.3. The SMILES string of the molecule is CCCCC1(CCCC)CN(c2ccccc2)c2cc(SC)c(O/C=C(\F)C(=O)OCC)cc2S(=O)(=O)N1C. The van der Waals surface area contributed by atoms with Gasteiger partial charge in [0.05, 0.1) is 22.7 Å². The molecule has 0 amide bonds. The topological polar surface area (TPSA) is 76.1 Å². The van der Waals surface area contributed by atoms with Crippen LogP contribution in [-0.4, -0.2) is 50.7 Å². The van der Waals surface area contributed by atoms with Gasteiger partial charge in [-0.2, -0.15) is 8.70 Å². The summed E-state index contributed by atoms with van der Waals surface area (Å²) < 4.78 is 54.6. The highest BCUT2D eigenvalue weighted by molar-refractivity contribution is 7.98. The first-order chi connectivity index (χ1) is 18.6. The Bertz CT molecular complexity index is 1260. The Balaban J connectivity index is 2.25. The van der Waals surface area contributed by atoms with Crippen LogP contribution < -0.4 is 9.64 Å². The van der Waals surface area contributed by atoms with Gasteiger partial charge < -0.3 is 14.4 Å². The number of hydrogen-bond donors (Lipinski definition) is 0. The average Bonchev–Trinajstić information content (AvgIpc) is 3.01. The van der Waals surface area contributed by atoms with Gasteiger partial charge in [-0.15, -0.1) is 11.8 Å². The number of esters is 1. The van der Waals surface area contributed by atoms with Crippen LogP contribution in [0.2, 0.25) is 0 Å². The summed E-state index contributed by atoms with van der Waals surface area (Å²) in [6.45, 7) is 6.31. The van der Waals surface area contributed by atoms with E-state index in [9.17, 15) is 17.6 Å². The lowest BCUT2D eigenvalue weighted by Crippen LogP contribution is -2.53. The van der Waals surface area contributed by atoms with Crippen molar-refractivity contribution >= 4 is 39.1 Å². The predicted molar refractivity (Wildman–Crippen MR) is 155 cm³/mol. The molecule has 0 saturated heterocycles. The van der Waals surface area contributed by atoms with E-state index in [0.717, 1.165) is 44.2 Å². The van der Waals surface area contributed by atoms with E-state index in [2.05, 4.69) is 23.5 Å². The van der Waals surface area contributed by atoms with Gasteiger partial charge in [-0.1, -0.05) is 57.7 Å². The van der Waals surface area contributed by atoms with Crippen LogP contribution in [0.3, 0.4) is 0 Å². The third kappa shape index (κ3) is 6.78. The summed E-state index contributed by atoms with van der Waals surface area (Å²) >= 11 is 1.34. The molecule has 7 nitrogen and oxygen atoms in total. The normalized spacial score (nSPS) is 16.9. The van der Waals surface area contributed by atoms with Gasteiger partial charge in [-0.3, -0.25) is 0 Å². The Morgan fingerprint density at radius 3 is 2.31 bits per heavy atom. The van der Waals surface area contributed by atoms with E-state index in [0.29, 0.717) is 23.4 Å². The van der Waals surface area contributed by atoms with Crippen molar-refractivity contribution in [3.8, 4) is 5.75 Å². The maximum absolute atomic E-state index is 14.3. The smallest absolute Gasteiger partial charge is 0.370 e. The highest BCUT2D eigenvalue weighted by Gasteiger charge is 2.47. The lowest BCUT2D eigenvalue weighted by molar-refractivity contribution is -0.140. The van der Waals surface area contributed by atoms with Crippen molar-refractivity contribution in [3.05, 3.63) is 54.6 Å². The summed E-state index contributed by atoms with van der Waals surface area (Å²) in [5, 5.41) is 0. The standard InChI is InChI=1S/C29H39FN2O5S2/c1-6-9-16-29(17-10-7-2)21-32(22-14-12-11-13-15-22)24-18-26(38-5)25(19-27(24)39(34,35)31(29)4)37-20-23(30)28(33)36-8-3/h11-15,18-20H,6-10,16-17,21H2,1-5H3/b23-20-. The van der Waals surface area contributed by atoms with E-state index in [4.69, 9.17) is 4.74 Å². The fourth-order valence-corrected chi connectivity index (χ4v) is 7.16. The molecule has 0 N–H and O–H groups in total. The van der Waals surface area contributed by atoms with Crippen molar-refractivity contribution in [3.63, 3.8) is 0 Å². The first-order valence-corrected chi connectivity index (χ1v) is 16.0. The molecule has 1 aliphatic heterocycles. The Labute approximate surface area is 236 Å². The van der Waals surface area contributed by atoms with Crippen molar-refractivity contribution in [2.75, 3.05) is 31.4 Å². The van der Waals surface area contributed by atoms with Gasteiger partial charge in [-0.05, 0) is 44.2 Å². The van der Waals surface area contributed by atoms with E-state index in [1.54, 1.807) is 24.3 Å². The number of nitrogens with zero attached hydrogens (tertiary/aromatic N) is 2. The number of benzene rings is 2. The Morgan fingerprint density at radius 2 is 1.74 bits per heavy atom. The van der Waals surface area contributed by atoms with E-state index in [-0.39, 0.29) is 17.3 Å². The molecule has 1 aliphatic rings. The average molecular weight is 579 g/mol. The van der Waals surface area contributed by atoms with Gasteiger partial charge in [0.2, 0.25) is 15.9 Å². The summed E-state index contributed by atoms with van der Waals surface area (Å²) in [5.74, 6) is -2.21. The molecule has 214 valence electrons. The van der Waals surface area contributed by atoms with E-state index in [1.165, 1.54) is 17.8 Å². The minimum Gasteiger partial charge on any atom is -0.461 e. The van der Waals surface area contributed by atoms with E-state index in [1.807, 2.05) is 36.6 Å². The zero-order valence-electron chi connectivity index (χ0n) is 23.4. The van der Waals surface area contributed by atoms with Gasteiger partial charge in [0.15, 0.2) is 0 Å². The molecule has 2 aromatic rings. The van der Waals surface area contributed by atoms with Crippen LogP contribution >= 0.6 is 11.8 Å².